The van der Waals surface area contributed by atoms with E-state index in [-0.39, 0.29) is 10.7 Å². The van der Waals surface area contributed by atoms with Crippen molar-refractivity contribution in [2.45, 2.75) is 26.8 Å². The summed E-state index contributed by atoms with van der Waals surface area (Å²) >= 11 is 5.55. The predicted molar refractivity (Wildman–Crippen MR) is 66.6 cm³/mol. The minimum atomic E-state index is -0.480. The first-order valence-electron chi connectivity index (χ1n) is 5.58. The zero-order valence-electron chi connectivity index (χ0n) is 10.0. The highest BCUT2D eigenvalue weighted by Crippen LogP contribution is 1.96. The molecule has 0 fully saturated rings. The molecule has 0 radical (unpaired) electrons. The lowest BCUT2D eigenvalue weighted by Gasteiger charge is -2.07. The van der Waals surface area contributed by atoms with Gasteiger partial charge in [0.2, 0.25) is 0 Å². The molecule has 96 valence electrons. The molecule has 0 aliphatic rings. The molecule has 0 aliphatic heterocycles. The number of hydrogen-bond acceptors (Lipinski definition) is 3. The van der Waals surface area contributed by atoms with Crippen LogP contribution in [0.1, 0.15) is 20.3 Å². The van der Waals surface area contributed by atoms with Gasteiger partial charge < -0.3 is 4.74 Å². The highest BCUT2D eigenvalue weighted by atomic mass is 35.5. The molecule has 5 nitrogen and oxygen atoms in total. The summed E-state index contributed by atoms with van der Waals surface area (Å²) in [4.78, 5) is 25.2. The fraction of sp³-hybridized carbons (Fsp3) is 0.636. The van der Waals surface area contributed by atoms with Gasteiger partial charge in [-0.3, -0.25) is 14.3 Å². The zero-order valence-corrected chi connectivity index (χ0v) is 10.8. The summed E-state index contributed by atoms with van der Waals surface area (Å²) in [5.41, 5.74) is -0.867. The van der Waals surface area contributed by atoms with E-state index in [9.17, 15) is 9.59 Å². The van der Waals surface area contributed by atoms with Gasteiger partial charge >= 0.3 is 5.69 Å². The maximum atomic E-state index is 11.5. The largest absolute Gasteiger partial charge is 0.381 e. The summed E-state index contributed by atoms with van der Waals surface area (Å²) in [7, 11) is 0. The normalized spacial score (nSPS) is 11.1. The van der Waals surface area contributed by atoms with Crippen LogP contribution in [0.25, 0.3) is 0 Å². The predicted octanol–water partition coefficient (Wildman–Crippen LogP) is 1.25. The topological polar surface area (TPSA) is 64.1 Å². The quantitative estimate of drug-likeness (QED) is 0.619. The molecule has 0 spiro atoms. The summed E-state index contributed by atoms with van der Waals surface area (Å²) in [6.07, 6.45) is 0.622. The van der Waals surface area contributed by atoms with Crippen molar-refractivity contribution in [1.29, 1.82) is 0 Å². The molecule has 0 saturated carbocycles. The first-order chi connectivity index (χ1) is 8.00. The Morgan fingerprint density at radius 2 is 2.18 bits per heavy atom. The number of H-pyrrole nitrogens is 1. The van der Waals surface area contributed by atoms with Crippen molar-refractivity contribution >= 4 is 11.6 Å². The molecule has 17 heavy (non-hydrogen) atoms. The van der Waals surface area contributed by atoms with Crippen LogP contribution in [0.2, 0.25) is 5.15 Å². The molecule has 0 aromatic carbocycles. The van der Waals surface area contributed by atoms with Crippen molar-refractivity contribution in [3.05, 3.63) is 32.1 Å². The number of ether oxygens (including phenoxy) is 1. The van der Waals surface area contributed by atoms with Crippen molar-refractivity contribution < 1.29 is 4.74 Å². The molecule has 1 aromatic heterocycles. The molecular formula is C11H17ClN2O3. The van der Waals surface area contributed by atoms with E-state index in [2.05, 4.69) is 18.8 Å². The van der Waals surface area contributed by atoms with E-state index in [1.54, 1.807) is 0 Å². The Labute approximate surface area is 104 Å². The Morgan fingerprint density at radius 1 is 1.47 bits per heavy atom. The number of rotatable bonds is 6. The summed E-state index contributed by atoms with van der Waals surface area (Å²) in [5.74, 6) is 0.483. The average molecular weight is 261 g/mol. The van der Waals surface area contributed by atoms with Gasteiger partial charge in [0, 0.05) is 25.8 Å². The van der Waals surface area contributed by atoms with E-state index in [0.29, 0.717) is 32.1 Å². The number of hydrogen-bond donors (Lipinski definition) is 1. The first kappa shape index (κ1) is 14.0. The Morgan fingerprint density at radius 3 is 2.76 bits per heavy atom. The zero-order chi connectivity index (χ0) is 12.8. The third-order valence-electron chi connectivity index (χ3n) is 2.11. The smallest absolute Gasteiger partial charge is 0.329 e. The molecule has 0 aliphatic carbocycles. The van der Waals surface area contributed by atoms with Crippen molar-refractivity contribution in [3.8, 4) is 0 Å². The second kappa shape index (κ2) is 6.61. The monoisotopic (exact) mass is 260 g/mol. The van der Waals surface area contributed by atoms with Crippen molar-refractivity contribution in [1.82, 2.24) is 9.55 Å². The third kappa shape index (κ3) is 4.75. The highest BCUT2D eigenvalue weighted by Gasteiger charge is 2.02. The van der Waals surface area contributed by atoms with Crippen LogP contribution in [0, 0.1) is 5.92 Å². The summed E-state index contributed by atoms with van der Waals surface area (Å²) in [6.45, 7) is 5.69. The van der Waals surface area contributed by atoms with Gasteiger partial charge in [-0.15, -0.1) is 0 Å². The van der Waals surface area contributed by atoms with E-state index in [1.807, 2.05) is 0 Å². The van der Waals surface area contributed by atoms with E-state index < -0.39 is 5.69 Å². The average Bonchev–Trinajstić information content (AvgIpc) is 2.20. The molecular weight excluding hydrogens is 244 g/mol. The molecule has 1 aromatic rings. The van der Waals surface area contributed by atoms with Crippen LogP contribution in [0.5, 0.6) is 0 Å². The minimum Gasteiger partial charge on any atom is -0.381 e. The molecule has 0 unspecified atom stereocenters. The second-order valence-electron chi connectivity index (χ2n) is 4.23. The Balaban J connectivity index is 2.48. The molecule has 0 saturated heterocycles. The minimum absolute atomic E-state index is 0.0623. The molecule has 1 rings (SSSR count). The molecule has 1 heterocycles. The van der Waals surface area contributed by atoms with Crippen LogP contribution in [-0.2, 0) is 11.3 Å². The maximum Gasteiger partial charge on any atom is 0.329 e. The molecule has 1 N–H and O–H groups in total. The van der Waals surface area contributed by atoms with Crippen LogP contribution in [0.15, 0.2) is 15.7 Å². The van der Waals surface area contributed by atoms with E-state index in [4.69, 9.17) is 16.3 Å². The number of halogens is 1. The maximum absolute atomic E-state index is 11.5. The lowest BCUT2D eigenvalue weighted by Crippen LogP contribution is -2.34. The summed E-state index contributed by atoms with van der Waals surface area (Å²) in [5, 5.41) is 0.0623. The number of nitrogens with zero attached hydrogens (tertiary/aromatic N) is 1. The van der Waals surface area contributed by atoms with E-state index in [1.165, 1.54) is 6.07 Å². The molecule has 0 amide bonds. The standard InChI is InChI=1S/C11H17ClN2O3/c1-8(2)7-17-5-3-4-14-10(15)6-9(12)13-11(14)16/h6,8H,3-5,7H2,1-2H3,(H,13,16). The highest BCUT2D eigenvalue weighted by molar-refractivity contribution is 6.29. The van der Waals surface area contributed by atoms with Crippen LogP contribution in [0.3, 0.4) is 0 Å². The second-order valence-corrected chi connectivity index (χ2v) is 4.64. The van der Waals surface area contributed by atoms with Gasteiger partial charge in [-0.2, -0.15) is 0 Å². The Bertz CT molecular complexity index is 433. The van der Waals surface area contributed by atoms with Crippen LogP contribution >= 0.6 is 11.6 Å². The van der Waals surface area contributed by atoms with Gasteiger partial charge in [-0.1, -0.05) is 25.4 Å². The van der Waals surface area contributed by atoms with Crippen molar-refractivity contribution in [2.75, 3.05) is 13.2 Å². The lowest BCUT2D eigenvalue weighted by atomic mass is 10.2. The third-order valence-corrected chi connectivity index (χ3v) is 2.31. The van der Waals surface area contributed by atoms with Crippen molar-refractivity contribution in [2.24, 2.45) is 5.92 Å². The fourth-order valence-corrected chi connectivity index (χ4v) is 1.52. The number of nitrogens with one attached hydrogen (secondary N) is 1. The first-order valence-corrected chi connectivity index (χ1v) is 5.96. The fourth-order valence-electron chi connectivity index (χ4n) is 1.35. The van der Waals surface area contributed by atoms with Gasteiger partial charge in [-0.05, 0) is 12.3 Å². The van der Waals surface area contributed by atoms with Crippen LogP contribution < -0.4 is 11.2 Å². The number of aromatic amines is 1. The molecule has 0 bridgehead atoms. The van der Waals surface area contributed by atoms with Gasteiger partial charge in [-0.25, -0.2) is 4.79 Å². The Hall–Kier alpha value is -1.07. The van der Waals surface area contributed by atoms with E-state index >= 15 is 0 Å². The lowest BCUT2D eigenvalue weighted by molar-refractivity contribution is 0.105. The molecule has 0 atom stereocenters. The van der Waals surface area contributed by atoms with Gasteiger partial charge in [0.15, 0.2) is 0 Å². The summed E-state index contributed by atoms with van der Waals surface area (Å²) in [6, 6.07) is 1.19. The van der Waals surface area contributed by atoms with Crippen molar-refractivity contribution in [3.63, 3.8) is 0 Å². The molecule has 6 heteroatoms. The van der Waals surface area contributed by atoms with E-state index in [0.717, 1.165) is 4.57 Å². The van der Waals surface area contributed by atoms with Gasteiger partial charge in [0.05, 0.1) is 0 Å². The van der Waals surface area contributed by atoms with Gasteiger partial charge in [0.1, 0.15) is 5.15 Å². The SMILES string of the molecule is CC(C)COCCCn1c(=O)cc(Cl)[nH]c1=O. The summed E-state index contributed by atoms with van der Waals surface area (Å²) < 4.78 is 6.48. The Kier molecular flexibility index (Phi) is 5.44. The number of aromatic nitrogens is 2. The van der Waals surface area contributed by atoms with Crippen LogP contribution in [0.4, 0.5) is 0 Å². The van der Waals surface area contributed by atoms with Gasteiger partial charge in [0.25, 0.3) is 5.56 Å². The van der Waals surface area contributed by atoms with Crippen LogP contribution in [-0.4, -0.2) is 22.8 Å².